The highest BCUT2D eigenvalue weighted by Gasteiger charge is 2.29. The SMILES string of the molecule is Cc1cccc(C#Cc2cnccc2SC(C)(C)C(=O)O)c1. The molecule has 0 saturated heterocycles. The largest absolute Gasteiger partial charge is 0.480 e. The van der Waals surface area contributed by atoms with Crippen molar-refractivity contribution in [2.24, 2.45) is 0 Å². The van der Waals surface area contributed by atoms with E-state index in [1.165, 1.54) is 11.8 Å². The highest BCUT2D eigenvalue weighted by Crippen LogP contribution is 2.34. The maximum absolute atomic E-state index is 11.3. The monoisotopic (exact) mass is 311 g/mol. The lowest BCUT2D eigenvalue weighted by Gasteiger charge is -2.18. The molecule has 2 rings (SSSR count). The Morgan fingerprint density at radius 2 is 2.05 bits per heavy atom. The molecule has 0 fully saturated rings. The van der Waals surface area contributed by atoms with Gasteiger partial charge in [-0.15, -0.1) is 11.8 Å². The van der Waals surface area contributed by atoms with Gasteiger partial charge in [-0.3, -0.25) is 9.78 Å². The van der Waals surface area contributed by atoms with Gasteiger partial charge < -0.3 is 5.11 Å². The third kappa shape index (κ3) is 4.12. The maximum Gasteiger partial charge on any atom is 0.319 e. The first-order valence-electron chi connectivity index (χ1n) is 6.83. The Morgan fingerprint density at radius 1 is 1.27 bits per heavy atom. The van der Waals surface area contributed by atoms with Crippen LogP contribution in [0.1, 0.15) is 30.5 Å². The molecule has 0 unspecified atom stereocenters. The highest BCUT2D eigenvalue weighted by atomic mass is 32.2. The molecule has 1 aromatic carbocycles. The fourth-order valence-electron chi connectivity index (χ4n) is 1.75. The first-order chi connectivity index (χ1) is 10.4. The lowest BCUT2D eigenvalue weighted by Crippen LogP contribution is -2.27. The number of thioether (sulfide) groups is 1. The Kier molecular flexibility index (Phi) is 4.89. The number of hydrogen-bond donors (Lipinski definition) is 1. The fraction of sp³-hybridized carbons (Fsp3) is 0.222. The third-order valence-electron chi connectivity index (χ3n) is 3.02. The molecule has 22 heavy (non-hydrogen) atoms. The van der Waals surface area contributed by atoms with Gasteiger partial charge in [0.05, 0.1) is 5.56 Å². The van der Waals surface area contributed by atoms with Crippen LogP contribution in [0, 0.1) is 18.8 Å². The van der Waals surface area contributed by atoms with E-state index in [4.69, 9.17) is 0 Å². The van der Waals surface area contributed by atoms with E-state index >= 15 is 0 Å². The van der Waals surface area contributed by atoms with Gasteiger partial charge in [-0.05, 0) is 44.5 Å². The maximum atomic E-state index is 11.3. The van der Waals surface area contributed by atoms with E-state index < -0.39 is 10.7 Å². The van der Waals surface area contributed by atoms with Gasteiger partial charge in [0.2, 0.25) is 0 Å². The zero-order valence-corrected chi connectivity index (χ0v) is 13.6. The van der Waals surface area contributed by atoms with Gasteiger partial charge in [0.25, 0.3) is 0 Å². The van der Waals surface area contributed by atoms with Crippen LogP contribution in [0.5, 0.6) is 0 Å². The normalized spacial score (nSPS) is 10.7. The molecular formula is C18H17NO2S. The Balaban J connectivity index is 2.32. The molecule has 1 aromatic heterocycles. The molecule has 0 amide bonds. The minimum atomic E-state index is -0.916. The molecule has 0 radical (unpaired) electrons. The number of benzene rings is 1. The summed E-state index contributed by atoms with van der Waals surface area (Å²) in [5.74, 6) is 5.34. The average Bonchev–Trinajstić information content (AvgIpc) is 2.46. The first kappa shape index (κ1) is 16.1. The summed E-state index contributed by atoms with van der Waals surface area (Å²) in [6.45, 7) is 5.38. The van der Waals surface area contributed by atoms with Crippen LogP contribution in [-0.2, 0) is 4.79 Å². The van der Waals surface area contributed by atoms with Crippen LogP contribution in [0.25, 0.3) is 0 Å². The molecule has 1 N–H and O–H groups in total. The van der Waals surface area contributed by atoms with E-state index in [9.17, 15) is 9.90 Å². The minimum absolute atomic E-state index is 0.739. The van der Waals surface area contributed by atoms with E-state index in [-0.39, 0.29) is 0 Å². The van der Waals surface area contributed by atoms with E-state index in [1.807, 2.05) is 31.2 Å². The summed E-state index contributed by atoms with van der Waals surface area (Å²) in [6.07, 6.45) is 3.32. The van der Waals surface area contributed by atoms with Gasteiger partial charge in [0, 0.05) is 22.9 Å². The van der Waals surface area contributed by atoms with Gasteiger partial charge >= 0.3 is 5.97 Å². The summed E-state index contributed by atoms with van der Waals surface area (Å²) >= 11 is 1.28. The van der Waals surface area contributed by atoms with E-state index in [2.05, 4.69) is 16.8 Å². The topological polar surface area (TPSA) is 50.2 Å². The van der Waals surface area contributed by atoms with Crippen molar-refractivity contribution >= 4 is 17.7 Å². The molecule has 0 saturated carbocycles. The molecule has 0 spiro atoms. The van der Waals surface area contributed by atoms with Crippen molar-refractivity contribution in [3.63, 3.8) is 0 Å². The smallest absolute Gasteiger partial charge is 0.319 e. The third-order valence-corrected chi connectivity index (χ3v) is 4.28. The van der Waals surface area contributed by atoms with Crippen molar-refractivity contribution < 1.29 is 9.90 Å². The Hall–Kier alpha value is -2.25. The van der Waals surface area contributed by atoms with Crippen molar-refractivity contribution in [3.05, 3.63) is 59.4 Å². The van der Waals surface area contributed by atoms with Gasteiger partial charge in [-0.2, -0.15) is 0 Å². The summed E-state index contributed by atoms with van der Waals surface area (Å²) in [7, 11) is 0. The molecule has 112 valence electrons. The van der Waals surface area contributed by atoms with Crippen molar-refractivity contribution in [1.29, 1.82) is 0 Å². The number of nitrogens with zero attached hydrogens (tertiary/aromatic N) is 1. The fourth-order valence-corrected chi connectivity index (χ4v) is 2.73. The molecule has 0 bridgehead atoms. The Labute approximate surface area is 134 Å². The summed E-state index contributed by atoms with van der Waals surface area (Å²) in [5.41, 5.74) is 2.82. The van der Waals surface area contributed by atoms with Gasteiger partial charge in [-0.1, -0.05) is 24.0 Å². The number of carboxylic acid groups (broad SMARTS) is 1. The van der Waals surface area contributed by atoms with Gasteiger partial charge in [-0.25, -0.2) is 0 Å². The average molecular weight is 311 g/mol. The number of carbonyl (C=O) groups is 1. The quantitative estimate of drug-likeness (QED) is 0.693. The summed E-state index contributed by atoms with van der Waals surface area (Å²) in [4.78, 5) is 16.2. The van der Waals surface area contributed by atoms with E-state index in [1.54, 1.807) is 32.3 Å². The van der Waals surface area contributed by atoms with Gasteiger partial charge in [0.1, 0.15) is 4.75 Å². The van der Waals surface area contributed by atoms with Crippen molar-refractivity contribution in [3.8, 4) is 11.8 Å². The predicted octanol–water partition coefficient (Wildman–Crippen LogP) is 3.75. The minimum Gasteiger partial charge on any atom is -0.480 e. The van der Waals surface area contributed by atoms with Crippen molar-refractivity contribution in [2.75, 3.05) is 0 Å². The number of aliphatic carboxylic acids is 1. The van der Waals surface area contributed by atoms with Gasteiger partial charge in [0.15, 0.2) is 0 Å². The number of aromatic nitrogens is 1. The molecule has 4 heteroatoms. The first-order valence-corrected chi connectivity index (χ1v) is 7.65. The van der Waals surface area contributed by atoms with Crippen LogP contribution in [0.3, 0.4) is 0 Å². The molecule has 0 aliphatic heterocycles. The molecule has 1 heterocycles. The molecule has 2 aromatic rings. The van der Waals surface area contributed by atoms with E-state index in [0.717, 1.165) is 21.6 Å². The Morgan fingerprint density at radius 3 is 2.73 bits per heavy atom. The van der Waals surface area contributed by atoms with Crippen LogP contribution < -0.4 is 0 Å². The van der Waals surface area contributed by atoms with Crippen LogP contribution in [0.4, 0.5) is 0 Å². The second kappa shape index (κ2) is 6.67. The molecule has 0 aliphatic carbocycles. The lowest BCUT2D eigenvalue weighted by molar-refractivity contribution is -0.138. The number of pyridine rings is 1. The predicted molar refractivity (Wildman–Crippen MR) is 89.0 cm³/mol. The zero-order valence-electron chi connectivity index (χ0n) is 12.8. The second-order valence-electron chi connectivity index (χ2n) is 5.41. The number of carboxylic acids is 1. The van der Waals surface area contributed by atoms with Crippen LogP contribution >= 0.6 is 11.8 Å². The van der Waals surface area contributed by atoms with Crippen LogP contribution in [-0.4, -0.2) is 20.8 Å². The van der Waals surface area contributed by atoms with E-state index in [0.29, 0.717) is 0 Å². The lowest BCUT2D eigenvalue weighted by atomic mass is 10.1. The second-order valence-corrected chi connectivity index (χ2v) is 7.07. The highest BCUT2D eigenvalue weighted by molar-refractivity contribution is 8.01. The summed E-state index contributed by atoms with van der Waals surface area (Å²) < 4.78 is -0.916. The van der Waals surface area contributed by atoms with Crippen molar-refractivity contribution in [1.82, 2.24) is 4.98 Å². The molecular weight excluding hydrogens is 294 g/mol. The van der Waals surface area contributed by atoms with Crippen LogP contribution in [0.2, 0.25) is 0 Å². The summed E-state index contributed by atoms with van der Waals surface area (Å²) in [5, 5.41) is 9.26. The standard InChI is InChI=1S/C18H17NO2S/c1-13-5-4-6-14(11-13)7-8-15-12-19-10-9-16(15)22-18(2,3)17(20)21/h4-6,9-12H,1-3H3,(H,20,21). The summed E-state index contributed by atoms with van der Waals surface area (Å²) in [6, 6.07) is 9.75. The van der Waals surface area contributed by atoms with Crippen molar-refractivity contribution in [2.45, 2.75) is 30.4 Å². The Bertz CT molecular complexity index is 757. The molecule has 3 nitrogen and oxygen atoms in total. The van der Waals surface area contributed by atoms with Crippen LogP contribution in [0.15, 0.2) is 47.6 Å². The molecule has 0 atom stereocenters. The number of hydrogen-bond acceptors (Lipinski definition) is 3. The zero-order chi connectivity index (χ0) is 16.2. The molecule has 0 aliphatic rings. The number of rotatable bonds is 3. The number of aryl methyl sites for hydroxylation is 1.